The molecule has 0 rings (SSSR count). The lowest BCUT2D eigenvalue weighted by atomic mass is 9.99. The minimum Gasteiger partial charge on any atom is -0.462 e. The van der Waals surface area contributed by atoms with Crippen LogP contribution in [0.25, 0.3) is 0 Å². The summed E-state index contributed by atoms with van der Waals surface area (Å²) in [5, 5.41) is 10.6. The van der Waals surface area contributed by atoms with E-state index in [0.717, 1.165) is 102 Å². The largest absolute Gasteiger partial charge is 0.472 e. The van der Waals surface area contributed by atoms with E-state index in [1.54, 1.807) is 0 Å². The number of aliphatic hydroxyl groups is 1. The molecule has 6 atom stereocenters. The van der Waals surface area contributed by atoms with Gasteiger partial charge < -0.3 is 33.8 Å². The van der Waals surface area contributed by atoms with Crippen molar-refractivity contribution in [2.75, 3.05) is 39.6 Å². The topological polar surface area (TPSA) is 237 Å². The summed E-state index contributed by atoms with van der Waals surface area (Å²) in [6.07, 6.45) is 48.8. The van der Waals surface area contributed by atoms with Gasteiger partial charge in [0.25, 0.3) is 0 Å². The van der Waals surface area contributed by atoms with Crippen LogP contribution >= 0.6 is 15.6 Å². The van der Waals surface area contributed by atoms with Gasteiger partial charge in [0.05, 0.1) is 26.4 Å². The quantitative estimate of drug-likeness (QED) is 0.0222. The number of carbonyl (C=O) groups excluding carboxylic acids is 4. The first kappa shape index (κ1) is 86.1. The van der Waals surface area contributed by atoms with Crippen molar-refractivity contribution in [1.82, 2.24) is 0 Å². The van der Waals surface area contributed by atoms with Crippen LogP contribution in [-0.4, -0.2) is 96.7 Å². The molecule has 0 saturated carbocycles. The van der Waals surface area contributed by atoms with Gasteiger partial charge in [0.1, 0.15) is 19.3 Å². The molecule has 0 fully saturated rings. The Labute approximate surface area is 537 Å². The number of rotatable bonds is 69. The van der Waals surface area contributed by atoms with Gasteiger partial charge in [-0.2, -0.15) is 0 Å². The van der Waals surface area contributed by atoms with E-state index in [-0.39, 0.29) is 25.7 Å². The lowest BCUT2D eigenvalue weighted by Gasteiger charge is -2.21. The monoisotopic (exact) mass is 1300 g/mol. The summed E-state index contributed by atoms with van der Waals surface area (Å²) in [6.45, 7) is 7.18. The van der Waals surface area contributed by atoms with Crippen molar-refractivity contribution in [3.63, 3.8) is 0 Å². The van der Waals surface area contributed by atoms with E-state index < -0.39 is 97.5 Å². The van der Waals surface area contributed by atoms with Crippen molar-refractivity contribution in [2.45, 2.75) is 374 Å². The first-order valence-electron chi connectivity index (χ1n) is 36.2. The van der Waals surface area contributed by atoms with Crippen LogP contribution in [0.3, 0.4) is 0 Å². The zero-order valence-corrected chi connectivity index (χ0v) is 58.6. The number of phosphoric acid groups is 2. The Morgan fingerprint density at radius 3 is 0.807 bits per heavy atom. The molecule has 0 aromatic carbocycles. The number of carbonyl (C=O) groups is 4. The van der Waals surface area contributed by atoms with Crippen LogP contribution in [0.1, 0.15) is 356 Å². The molecule has 3 unspecified atom stereocenters. The van der Waals surface area contributed by atoms with E-state index in [0.29, 0.717) is 25.7 Å². The van der Waals surface area contributed by atoms with E-state index in [2.05, 4.69) is 34.6 Å². The number of hydrogen-bond donors (Lipinski definition) is 3. The molecule has 0 aliphatic heterocycles. The highest BCUT2D eigenvalue weighted by molar-refractivity contribution is 7.47. The summed E-state index contributed by atoms with van der Waals surface area (Å²) in [6, 6.07) is 0. The van der Waals surface area contributed by atoms with Crippen LogP contribution in [0.2, 0.25) is 0 Å². The third-order valence-corrected chi connectivity index (χ3v) is 18.3. The average molecular weight is 1300 g/mol. The van der Waals surface area contributed by atoms with Crippen molar-refractivity contribution in [3.05, 3.63) is 0 Å². The normalized spacial score (nSPS) is 14.4. The molecule has 0 aliphatic carbocycles. The van der Waals surface area contributed by atoms with Crippen molar-refractivity contribution >= 4 is 39.5 Å². The van der Waals surface area contributed by atoms with Gasteiger partial charge >= 0.3 is 39.5 Å². The second kappa shape index (κ2) is 62.5. The molecule has 0 saturated heterocycles. The standard InChI is InChI=1S/C69H134O17P2/c1-6-10-13-16-18-20-22-24-25-26-27-28-30-36-40-45-50-55-69(74)86-65(59-80-67(72)53-48-43-38-34-32-31-33-37-42-46-51-62(5)9-4)61-84-88(77,78)82-57-63(70)56-81-87(75,76)83-60-64(58-79-66(71)52-47-41-15-12-8-3)85-68(73)54-49-44-39-35-29-23-21-19-17-14-11-7-2/h62-65,70H,6-61H2,1-5H3,(H,75,76)(H,77,78)/t62?,63-,64+,65+/m0/s1. The highest BCUT2D eigenvalue weighted by Crippen LogP contribution is 2.45. The van der Waals surface area contributed by atoms with Crippen LogP contribution in [0.4, 0.5) is 0 Å². The van der Waals surface area contributed by atoms with Gasteiger partial charge in [-0.15, -0.1) is 0 Å². The summed E-state index contributed by atoms with van der Waals surface area (Å²) < 4.78 is 68.0. The third kappa shape index (κ3) is 61.6. The fourth-order valence-electron chi connectivity index (χ4n) is 10.4. The Bertz CT molecular complexity index is 1710. The number of aliphatic hydroxyl groups excluding tert-OH is 1. The van der Waals surface area contributed by atoms with E-state index in [1.165, 1.54) is 173 Å². The lowest BCUT2D eigenvalue weighted by molar-refractivity contribution is -0.161. The van der Waals surface area contributed by atoms with Gasteiger partial charge in [-0.05, 0) is 31.6 Å². The molecule has 0 aliphatic rings. The zero-order valence-electron chi connectivity index (χ0n) is 56.9. The molecule has 0 amide bonds. The lowest BCUT2D eigenvalue weighted by Crippen LogP contribution is -2.30. The Kier molecular flexibility index (Phi) is 61.1. The van der Waals surface area contributed by atoms with Crippen LogP contribution in [0.5, 0.6) is 0 Å². The van der Waals surface area contributed by atoms with Crippen LogP contribution in [0.15, 0.2) is 0 Å². The van der Waals surface area contributed by atoms with Crippen LogP contribution in [0, 0.1) is 5.92 Å². The van der Waals surface area contributed by atoms with Gasteiger partial charge in [0.15, 0.2) is 12.2 Å². The number of unbranched alkanes of at least 4 members (excludes halogenated alkanes) is 40. The molecule has 0 spiro atoms. The maximum Gasteiger partial charge on any atom is 0.472 e. The van der Waals surface area contributed by atoms with Crippen molar-refractivity contribution < 1.29 is 80.2 Å². The molecule has 19 heteroatoms. The maximum atomic E-state index is 13.0. The van der Waals surface area contributed by atoms with Crippen LogP contribution in [-0.2, 0) is 65.4 Å². The summed E-state index contributed by atoms with van der Waals surface area (Å²) in [7, 11) is -9.89. The van der Waals surface area contributed by atoms with E-state index in [4.69, 9.17) is 37.0 Å². The summed E-state index contributed by atoms with van der Waals surface area (Å²) >= 11 is 0. The van der Waals surface area contributed by atoms with Gasteiger partial charge in [-0.25, -0.2) is 9.13 Å². The Morgan fingerprint density at radius 1 is 0.318 bits per heavy atom. The molecule has 0 aromatic heterocycles. The number of phosphoric ester groups is 2. The molecule has 17 nitrogen and oxygen atoms in total. The van der Waals surface area contributed by atoms with E-state index in [1.807, 2.05) is 0 Å². The molecule has 88 heavy (non-hydrogen) atoms. The number of hydrogen-bond acceptors (Lipinski definition) is 15. The Morgan fingerprint density at radius 2 is 0.545 bits per heavy atom. The number of esters is 4. The van der Waals surface area contributed by atoms with E-state index in [9.17, 15) is 43.2 Å². The molecule has 522 valence electrons. The van der Waals surface area contributed by atoms with Crippen LogP contribution < -0.4 is 0 Å². The molecule has 0 radical (unpaired) electrons. The summed E-state index contributed by atoms with van der Waals surface area (Å²) in [5.74, 6) is -1.32. The average Bonchev–Trinajstić information content (AvgIpc) is 3.61. The number of ether oxygens (including phenoxy) is 4. The predicted octanol–water partition coefficient (Wildman–Crippen LogP) is 19.7. The Balaban J connectivity index is 5.16. The first-order chi connectivity index (χ1) is 42.6. The second-order valence-electron chi connectivity index (χ2n) is 25.2. The SMILES string of the molecule is CCCCCCCCCCCCCCCCCCCC(=O)O[C@H](COC(=O)CCCCCCCCCCCCC(C)CC)COP(=O)(O)OC[C@@H](O)COP(=O)(O)OC[C@@H](COC(=O)CCCCCCC)OC(=O)CCCCCCCCCCCCCC. The second-order valence-corrected chi connectivity index (χ2v) is 28.1. The van der Waals surface area contributed by atoms with Gasteiger partial charge in [-0.3, -0.25) is 37.3 Å². The van der Waals surface area contributed by atoms with Crippen molar-refractivity contribution in [1.29, 1.82) is 0 Å². The van der Waals surface area contributed by atoms with Gasteiger partial charge in [0, 0.05) is 25.7 Å². The van der Waals surface area contributed by atoms with Crippen molar-refractivity contribution in [2.24, 2.45) is 5.92 Å². The smallest absolute Gasteiger partial charge is 0.462 e. The molecular formula is C69H134O17P2. The molecular weight excluding hydrogens is 1160 g/mol. The summed E-state index contributed by atoms with van der Waals surface area (Å²) in [5.41, 5.74) is 0. The van der Waals surface area contributed by atoms with Crippen molar-refractivity contribution in [3.8, 4) is 0 Å². The highest BCUT2D eigenvalue weighted by Gasteiger charge is 2.30. The predicted molar refractivity (Wildman–Crippen MR) is 354 cm³/mol. The fourth-order valence-corrected chi connectivity index (χ4v) is 12.0. The Hall–Kier alpha value is -1.94. The molecule has 0 aromatic rings. The van der Waals surface area contributed by atoms with Gasteiger partial charge in [0.2, 0.25) is 0 Å². The zero-order chi connectivity index (χ0) is 64.9. The highest BCUT2D eigenvalue weighted by atomic mass is 31.2. The van der Waals surface area contributed by atoms with E-state index >= 15 is 0 Å². The minimum atomic E-state index is -4.95. The fraction of sp³-hybridized carbons (Fsp3) is 0.942. The third-order valence-electron chi connectivity index (χ3n) is 16.4. The van der Waals surface area contributed by atoms with Gasteiger partial charge in [-0.1, -0.05) is 304 Å². The molecule has 0 heterocycles. The minimum absolute atomic E-state index is 0.107. The molecule has 3 N–H and O–H groups in total. The summed E-state index contributed by atoms with van der Waals surface area (Å²) in [4.78, 5) is 72.2. The molecule has 0 bridgehead atoms. The maximum absolute atomic E-state index is 13.0. The first-order valence-corrected chi connectivity index (χ1v) is 39.2.